The van der Waals surface area contributed by atoms with E-state index in [1.54, 1.807) is 0 Å². The zero-order valence-corrected chi connectivity index (χ0v) is 9.76. The molecule has 90 valence electrons. The summed E-state index contributed by atoms with van der Waals surface area (Å²) in [5.74, 6) is -3.16. The zero-order chi connectivity index (χ0) is 12.6. The highest BCUT2D eigenvalue weighted by molar-refractivity contribution is 7.90. The fraction of sp³-hybridized carbons (Fsp3) is 0.400. The van der Waals surface area contributed by atoms with Crippen molar-refractivity contribution in [3.8, 4) is 0 Å². The summed E-state index contributed by atoms with van der Waals surface area (Å²) in [5.41, 5.74) is 4.88. The summed E-state index contributed by atoms with van der Waals surface area (Å²) in [5, 5.41) is 0. The number of benzene rings is 1. The molecule has 0 radical (unpaired) electrons. The topological polar surface area (TPSA) is 60.2 Å². The smallest absolute Gasteiger partial charge is 0.287 e. The van der Waals surface area contributed by atoms with Crippen LogP contribution in [0.1, 0.15) is 12.5 Å². The van der Waals surface area contributed by atoms with Crippen molar-refractivity contribution in [2.75, 3.05) is 6.26 Å². The molecule has 3 nitrogen and oxygen atoms in total. The third kappa shape index (κ3) is 2.56. The number of alkyl halides is 2. The molecule has 0 aliphatic carbocycles. The van der Waals surface area contributed by atoms with E-state index in [-0.39, 0.29) is 10.5 Å². The Hall–Kier alpha value is -1.01. The third-order valence-corrected chi connectivity index (χ3v) is 3.37. The summed E-state index contributed by atoms with van der Waals surface area (Å²) in [6, 6.07) is 3.15. The first-order valence-electron chi connectivity index (χ1n) is 4.59. The van der Waals surface area contributed by atoms with Crippen molar-refractivity contribution in [2.24, 2.45) is 5.73 Å². The normalized spacial score (nSPS) is 14.8. The van der Waals surface area contributed by atoms with Gasteiger partial charge in [-0.1, -0.05) is 12.1 Å². The van der Waals surface area contributed by atoms with Gasteiger partial charge in [0.2, 0.25) is 0 Å². The first-order valence-corrected chi connectivity index (χ1v) is 6.49. The van der Waals surface area contributed by atoms with Crippen LogP contribution in [-0.2, 0) is 15.8 Å². The molecule has 1 aromatic rings. The maximum Gasteiger partial charge on any atom is 0.287 e. The lowest BCUT2D eigenvalue weighted by atomic mass is 10.0. The van der Waals surface area contributed by atoms with Crippen molar-refractivity contribution in [1.82, 2.24) is 0 Å². The van der Waals surface area contributed by atoms with Crippen LogP contribution in [0.4, 0.5) is 8.78 Å². The van der Waals surface area contributed by atoms with Crippen LogP contribution in [0.5, 0.6) is 0 Å². The summed E-state index contributed by atoms with van der Waals surface area (Å²) in [4.78, 5) is 0.0109. The summed E-state index contributed by atoms with van der Waals surface area (Å²) in [7, 11) is -3.36. The summed E-state index contributed by atoms with van der Waals surface area (Å²) < 4.78 is 49.1. The SMILES string of the molecule is CC(N)C(F)(F)c1ccc(S(C)(=O)=O)cc1. The molecule has 0 bridgehead atoms. The van der Waals surface area contributed by atoms with Crippen LogP contribution in [-0.4, -0.2) is 20.7 Å². The van der Waals surface area contributed by atoms with Gasteiger partial charge in [0, 0.05) is 11.8 Å². The van der Waals surface area contributed by atoms with Crippen molar-refractivity contribution < 1.29 is 17.2 Å². The van der Waals surface area contributed by atoms with Crippen LogP contribution in [0.2, 0.25) is 0 Å². The number of hydrogen-bond acceptors (Lipinski definition) is 3. The maximum atomic E-state index is 13.4. The second kappa shape index (κ2) is 4.10. The van der Waals surface area contributed by atoms with E-state index in [9.17, 15) is 17.2 Å². The van der Waals surface area contributed by atoms with Gasteiger partial charge in [-0.2, -0.15) is 8.78 Å². The second-order valence-corrected chi connectivity index (χ2v) is 5.72. The monoisotopic (exact) mass is 249 g/mol. The molecule has 0 fully saturated rings. The van der Waals surface area contributed by atoms with Crippen molar-refractivity contribution >= 4 is 9.84 Å². The summed E-state index contributed by atoms with van der Waals surface area (Å²) in [6.45, 7) is 1.20. The Balaban J connectivity index is 3.14. The molecule has 0 spiro atoms. The Labute approximate surface area is 93.2 Å². The lowest BCUT2D eigenvalue weighted by Gasteiger charge is -2.20. The van der Waals surface area contributed by atoms with Crippen LogP contribution >= 0.6 is 0 Å². The van der Waals surface area contributed by atoms with E-state index in [4.69, 9.17) is 5.73 Å². The first kappa shape index (κ1) is 13.1. The van der Waals surface area contributed by atoms with E-state index in [1.807, 2.05) is 0 Å². The Kier molecular flexibility index (Phi) is 3.35. The number of hydrogen-bond donors (Lipinski definition) is 1. The van der Waals surface area contributed by atoms with E-state index < -0.39 is 21.8 Å². The number of rotatable bonds is 3. The van der Waals surface area contributed by atoms with Crippen molar-refractivity contribution in [2.45, 2.75) is 23.8 Å². The predicted molar refractivity (Wildman–Crippen MR) is 57.1 cm³/mol. The minimum Gasteiger partial charge on any atom is -0.323 e. The third-order valence-electron chi connectivity index (χ3n) is 2.24. The fourth-order valence-corrected chi connectivity index (χ4v) is 1.82. The van der Waals surface area contributed by atoms with Gasteiger partial charge in [0.1, 0.15) is 0 Å². The van der Waals surface area contributed by atoms with Gasteiger partial charge < -0.3 is 5.73 Å². The largest absolute Gasteiger partial charge is 0.323 e. The van der Waals surface area contributed by atoms with Crippen LogP contribution in [0, 0.1) is 0 Å². The Morgan fingerprint density at radius 1 is 1.25 bits per heavy atom. The molecule has 0 aromatic heterocycles. The molecule has 0 heterocycles. The molecular weight excluding hydrogens is 236 g/mol. The molecule has 2 N–H and O–H groups in total. The van der Waals surface area contributed by atoms with E-state index in [1.165, 1.54) is 6.92 Å². The van der Waals surface area contributed by atoms with Gasteiger partial charge in [0.15, 0.2) is 9.84 Å². The number of halogens is 2. The quantitative estimate of drug-likeness (QED) is 0.883. The molecule has 0 amide bonds. The molecule has 1 rings (SSSR count). The molecule has 1 atom stereocenters. The Bertz CT molecular complexity index is 466. The van der Waals surface area contributed by atoms with Gasteiger partial charge in [0.25, 0.3) is 5.92 Å². The average Bonchev–Trinajstić information content (AvgIpc) is 2.16. The van der Waals surface area contributed by atoms with Gasteiger partial charge in [0.05, 0.1) is 10.9 Å². The van der Waals surface area contributed by atoms with Crippen molar-refractivity contribution in [3.63, 3.8) is 0 Å². The van der Waals surface area contributed by atoms with Crippen LogP contribution in [0.25, 0.3) is 0 Å². The summed E-state index contributed by atoms with van der Waals surface area (Å²) >= 11 is 0. The first-order chi connectivity index (χ1) is 7.15. The Morgan fingerprint density at radius 3 is 2.00 bits per heavy atom. The molecular formula is C10H13F2NO2S. The van der Waals surface area contributed by atoms with Crippen LogP contribution in [0.15, 0.2) is 29.2 Å². The highest BCUT2D eigenvalue weighted by Gasteiger charge is 2.36. The van der Waals surface area contributed by atoms with Crippen molar-refractivity contribution in [3.05, 3.63) is 29.8 Å². The lowest BCUT2D eigenvalue weighted by Crippen LogP contribution is -2.35. The molecule has 1 unspecified atom stereocenters. The molecule has 0 saturated carbocycles. The van der Waals surface area contributed by atoms with Gasteiger partial charge >= 0.3 is 0 Å². The van der Waals surface area contributed by atoms with Crippen LogP contribution < -0.4 is 5.73 Å². The van der Waals surface area contributed by atoms with E-state index in [0.29, 0.717) is 0 Å². The highest BCUT2D eigenvalue weighted by atomic mass is 32.2. The maximum absolute atomic E-state index is 13.4. The molecule has 1 aromatic carbocycles. The van der Waals surface area contributed by atoms with Gasteiger partial charge in [-0.05, 0) is 19.1 Å². The van der Waals surface area contributed by atoms with Gasteiger partial charge in [-0.15, -0.1) is 0 Å². The average molecular weight is 249 g/mol. The molecule has 0 aliphatic heterocycles. The highest BCUT2D eigenvalue weighted by Crippen LogP contribution is 2.31. The lowest BCUT2D eigenvalue weighted by molar-refractivity contribution is -0.0257. The molecule has 0 aliphatic rings. The van der Waals surface area contributed by atoms with E-state index in [0.717, 1.165) is 30.5 Å². The van der Waals surface area contributed by atoms with E-state index in [2.05, 4.69) is 0 Å². The zero-order valence-electron chi connectivity index (χ0n) is 8.94. The fourth-order valence-electron chi connectivity index (χ4n) is 1.19. The van der Waals surface area contributed by atoms with Crippen LogP contribution in [0.3, 0.4) is 0 Å². The molecule has 0 saturated heterocycles. The molecule has 16 heavy (non-hydrogen) atoms. The minimum absolute atomic E-state index is 0.0109. The Morgan fingerprint density at radius 2 is 1.69 bits per heavy atom. The second-order valence-electron chi connectivity index (χ2n) is 3.71. The minimum atomic E-state index is -3.36. The standard InChI is InChI=1S/C10H13F2NO2S/c1-7(13)10(11,12)8-3-5-9(6-4-8)16(2,14)15/h3-7H,13H2,1-2H3. The number of nitrogens with two attached hydrogens (primary N) is 1. The summed E-state index contributed by atoms with van der Waals surface area (Å²) in [6.07, 6.45) is 1.02. The number of sulfone groups is 1. The van der Waals surface area contributed by atoms with Gasteiger partial charge in [-0.25, -0.2) is 8.42 Å². The van der Waals surface area contributed by atoms with Crippen molar-refractivity contribution in [1.29, 1.82) is 0 Å². The predicted octanol–water partition coefficient (Wildman–Crippen LogP) is 1.53. The van der Waals surface area contributed by atoms with E-state index >= 15 is 0 Å². The van der Waals surface area contributed by atoms with Gasteiger partial charge in [-0.3, -0.25) is 0 Å². The molecule has 6 heteroatoms.